The van der Waals surface area contributed by atoms with E-state index in [0.717, 1.165) is 16.7 Å². The number of methoxy groups -OCH3 is 1. The van der Waals surface area contributed by atoms with Gasteiger partial charge in [0.15, 0.2) is 22.9 Å². The minimum atomic E-state index is -0.0997. The van der Waals surface area contributed by atoms with Crippen LogP contribution >= 0.6 is 0 Å². The standard InChI is InChI=1S/C18H16O4/c1-12(19)17-10-14-4-3-5-16(18(14)22-17)21-11-13-6-8-15(20-2)9-7-13/h3-10H,11H2,1-2H3. The summed E-state index contributed by atoms with van der Waals surface area (Å²) >= 11 is 0. The summed E-state index contributed by atoms with van der Waals surface area (Å²) in [6, 6.07) is 15.0. The number of hydrogen-bond donors (Lipinski definition) is 0. The van der Waals surface area contributed by atoms with Crippen molar-refractivity contribution in [2.24, 2.45) is 0 Å². The molecule has 0 radical (unpaired) electrons. The number of rotatable bonds is 5. The minimum absolute atomic E-state index is 0.0997. The minimum Gasteiger partial charge on any atom is -0.497 e. The van der Waals surface area contributed by atoms with Gasteiger partial charge >= 0.3 is 0 Å². The van der Waals surface area contributed by atoms with Crippen molar-refractivity contribution in [3.05, 3.63) is 59.9 Å². The van der Waals surface area contributed by atoms with Gasteiger partial charge in [-0.15, -0.1) is 0 Å². The van der Waals surface area contributed by atoms with Crippen molar-refractivity contribution in [3.63, 3.8) is 0 Å². The Kier molecular flexibility index (Phi) is 3.83. The van der Waals surface area contributed by atoms with Gasteiger partial charge in [0.25, 0.3) is 0 Å². The number of carbonyl (C=O) groups excluding carboxylic acids is 1. The second-order valence-corrected chi connectivity index (χ2v) is 4.98. The highest BCUT2D eigenvalue weighted by molar-refractivity contribution is 5.97. The van der Waals surface area contributed by atoms with Crippen LogP contribution in [0.5, 0.6) is 11.5 Å². The van der Waals surface area contributed by atoms with E-state index in [9.17, 15) is 4.79 Å². The van der Waals surface area contributed by atoms with Gasteiger partial charge in [-0.1, -0.05) is 24.3 Å². The van der Waals surface area contributed by atoms with Crippen LogP contribution in [-0.2, 0) is 6.61 Å². The molecule has 0 aliphatic heterocycles. The van der Waals surface area contributed by atoms with Crippen LogP contribution in [0, 0.1) is 0 Å². The quantitative estimate of drug-likeness (QED) is 0.661. The number of fused-ring (bicyclic) bond motifs is 1. The molecule has 0 aliphatic carbocycles. The topological polar surface area (TPSA) is 48.7 Å². The van der Waals surface area contributed by atoms with Gasteiger partial charge in [0, 0.05) is 12.3 Å². The Labute approximate surface area is 128 Å². The second kappa shape index (κ2) is 5.93. The number of Topliss-reactive ketones (excluding diaryl/α,β-unsaturated/α-hetero) is 1. The molecular weight excluding hydrogens is 280 g/mol. The lowest BCUT2D eigenvalue weighted by Gasteiger charge is -2.07. The molecule has 0 unspecified atom stereocenters. The molecule has 3 rings (SSSR count). The SMILES string of the molecule is COc1ccc(COc2cccc3cc(C(C)=O)oc23)cc1. The predicted molar refractivity (Wildman–Crippen MR) is 83.5 cm³/mol. The van der Waals surface area contributed by atoms with Crippen molar-refractivity contribution in [1.29, 1.82) is 0 Å². The van der Waals surface area contributed by atoms with Crippen molar-refractivity contribution in [3.8, 4) is 11.5 Å². The van der Waals surface area contributed by atoms with Gasteiger partial charge in [-0.2, -0.15) is 0 Å². The van der Waals surface area contributed by atoms with Gasteiger partial charge in [0.2, 0.25) is 0 Å². The Balaban J connectivity index is 1.82. The van der Waals surface area contributed by atoms with Crippen molar-refractivity contribution in [2.75, 3.05) is 7.11 Å². The Morgan fingerprint density at radius 2 is 1.91 bits per heavy atom. The van der Waals surface area contributed by atoms with Gasteiger partial charge in [0.1, 0.15) is 12.4 Å². The molecule has 2 aromatic carbocycles. The van der Waals surface area contributed by atoms with Crippen molar-refractivity contribution in [2.45, 2.75) is 13.5 Å². The lowest BCUT2D eigenvalue weighted by atomic mass is 10.2. The summed E-state index contributed by atoms with van der Waals surface area (Å²) in [5, 5.41) is 0.859. The van der Waals surface area contributed by atoms with Crippen LogP contribution in [0.1, 0.15) is 23.0 Å². The summed E-state index contributed by atoms with van der Waals surface area (Å²) in [5.41, 5.74) is 1.62. The maximum atomic E-state index is 11.4. The molecule has 1 heterocycles. The van der Waals surface area contributed by atoms with E-state index in [1.807, 2.05) is 42.5 Å². The zero-order chi connectivity index (χ0) is 15.5. The molecule has 0 atom stereocenters. The van der Waals surface area contributed by atoms with Crippen molar-refractivity contribution in [1.82, 2.24) is 0 Å². The van der Waals surface area contributed by atoms with E-state index in [1.165, 1.54) is 6.92 Å². The van der Waals surface area contributed by atoms with Crippen molar-refractivity contribution < 1.29 is 18.7 Å². The zero-order valence-electron chi connectivity index (χ0n) is 12.5. The molecule has 0 spiro atoms. The number of hydrogen-bond acceptors (Lipinski definition) is 4. The molecule has 0 saturated carbocycles. The van der Waals surface area contributed by atoms with E-state index in [-0.39, 0.29) is 5.78 Å². The molecule has 0 fully saturated rings. The average molecular weight is 296 g/mol. The summed E-state index contributed by atoms with van der Waals surface area (Å²) in [6.07, 6.45) is 0. The molecule has 4 nitrogen and oxygen atoms in total. The highest BCUT2D eigenvalue weighted by Gasteiger charge is 2.12. The largest absolute Gasteiger partial charge is 0.497 e. The Morgan fingerprint density at radius 3 is 2.59 bits per heavy atom. The van der Waals surface area contributed by atoms with Crippen LogP contribution in [0.2, 0.25) is 0 Å². The number of carbonyl (C=O) groups is 1. The molecule has 0 aliphatic rings. The number of ether oxygens (including phenoxy) is 2. The Bertz CT molecular complexity index is 800. The summed E-state index contributed by atoms with van der Waals surface area (Å²) in [6.45, 7) is 1.90. The molecule has 0 bridgehead atoms. The summed E-state index contributed by atoms with van der Waals surface area (Å²) < 4.78 is 16.5. The lowest BCUT2D eigenvalue weighted by molar-refractivity contribution is 0.0989. The zero-order valence-corrected chi connectivity index (χ0v) is 12.5. The second-order valence-electron chi connectivity index (χ2n) is 4.98. The molecule has 0 saturated heterocycles. The Hall–Kier alpha value is -2.75. The number of furan rings is 1. The summed E-state index contributed by atoms with van der Waals surface area (Å²) in [4.78, 5) is 11.4. The molecule has 3 aromatic rings. The van der Waals surface area contributed by atoms with Gasteiger partial charge in [-0.3, -0.25) is 4.79 Å². The van der Waals surface area contributed by atoms with E-state index >= 15 is 0 Å². The normalized spacial score (nSPS) is 10.6. The van der Waals surface area contributed by atoms with Gasteiger partial charge in [-0.05, 0) is 29.8 Å². The number of para-hydroxylation sites is 1. The van der Waals surface area contributed by atoms with E-state index in [2.05, 4.69) is 0 Å². The van der Waals surface area contributed by atoms with Crippen LogP contribution in [0.15, 0.2) is 52.9 Å². The van der Waals surface area contributed by atoms with E-state index < -0.39 is 0 Å². The van der Waals surface area contributed by atoms with Gasteiger partial charge in [-0.25, -0.2) is 0 Å². The molecular formula is C18H16O4. The third kappa shape index (κ3) is 2.81. The molecule has 4 heteroatoms. The molecule has 0 N–H and O–H groups in total. The van der Waals surface area contributed by atoms with Gasteiger partial charge in [0.05, 0.1) is 7.11 Å². The van der Waals surface area contributed by atoms with Crippen molar-refractivity contribution >= 4 is 16.8 Å². The fourth-order valence-electron chi connectivity index (χ4n) is 2.21. The first-order chi connectivity index (χ1) is 10.7. The van der Waals surface area contributed by atoms with E-state index in [4.69, 9.17) is 13.9 Å². The molecule has 0 amide bonds. The maximum Gasteiger partial charge on any atom is 0.194 e. The summed E-state index contributed by atoms with van der Waals surface area (Å²) in [5.74, 6) is 1.68. The summed E-state index contributed by atoms with van der Waals surface area (Å²) in [7, 11) is 1.63. The molecule has 22 heavy (non-hydrogen) atoms. The van der Waals surface area contributed by atoms with Crippen LogP contribution in [0.25, 0.3) is 11.0 Å². The fourth-order valence-corrected chi connectivity index (χ4v) is 2.21. The van der Waals surface area contributed by atoms with E-state index in [1.54, 1.807) is 13.2 Å². The monoisotopic (exact) mass is 296 g/mol. The Morgan fingerprint density at radius 1 is 1.14 bits per heavy atom. The first-order valence-corrected chi connectivity index (χ1v) is 6.96. The highest BCUT2D eigenvalue weighted by Crippen LogP contribution is 2.29. The highest BCUT2D eigenvalue weighted by atomic mass is 16.5. The third-order valence-corrected chi connectivity index (χ3v) is 3.41. The third-order valence-electron chi connectivity index (χ3n) is 3.41. The fraction of sp³-hybridized carbons (Fsp3) is 0.167. The van der Waals surface area contributed by atoms with Gasteiger partial charge < -0.3 is 13.9 Å². The van der Waals surface area contributed by atoms with E-state index in [0.29, 0.717) is 23.7 Å². The number of benzene rings is 2. The molecule has 1 aromatic heterocycles. The lowest BCUT2D eigenvalue weighted by Crippen LogP contribution is -1.95. The first-order valence-electron chi connectivity index (χ1n) is 6.96. The average Bonchev–Trinajstić information content (AvgIpc) is 2.98. The van der Waals surface area contributed by atoms with Crippen LogP contribution in [-0.4, -0.2) is 12.9 Å². The number of ketones is 1. The van der Waals surface area contributed by atoms with Crippen LogP contribution < -0.4 is 9.47 Å². The maximum absolute atomic E-state index is 11.4. The smallest absolute Gasteiger partial charge is 0.194 e. The molecule has 112 valence electrons. The predicted octanol–water partition coefficient (Wildman–Crippen LogP) is 4.22. The van der Waals surface area contributed by atoms with Crippen LogP contribution in [0.4, 0.5) is 0 Å². The van der Waals surface area contributed by atoms with Crippen LogP contribution in [0.3, 0.4) is 0 Å². The first kappa shape index (κ1) is 14.2.